The van der Waals surface area contributed by atoms with Crippen molar-refractivity contribution in [3.63, 3.8) is 0 Å². The summed E-state index contributed by atoms with van der Waals surface area (Å²) < 4.78 is 5.87. The number of ether oxygens (including phenoxy) is 1. The number of aryl methyl sites for hydroxylation is 1. The van der Waals surface area contributed by atoms with Crippen LogP contribution in [0.2, 0.25) is 0 Å². The molecule has 148 valence electrons. The van der Waals surface area contributed by atoms with Gasteiger partial charge in [0.25, 0.3) is 0 Å². The summed E-state index contributed by atoms with van der Waals surface area (Å²) in [4.78, 5) is 11.3. The monoisotopic (exact) mass is 386 g/mol. The van der Waals surface area contributed by atoms with Crippen LogP contribution in [0.5, 0.6) is 0 Å². The van der Waals surface area contributed by atoms with Gasteiger partial charge in [-0.1, -0.05) is 72.8 Å². The summed E-state index contributed by atoms with van der Waals surface area (Å²) in [5, 5.41) is 9.28. The summed E-state index contributed by atoms with van der Waals surface area (Å²) in [5.74, 6) is -0.787. The number of rotatable bonds is 5. The Morgan fingerprint density at radius 3 is 2.17 bits per heavy atom. The average Bonchev–Trinajstić information content (AvgIpc) is 2.76. The predicted octanol–water partition coefficient (Wildman–Crippen LogP) is 5.92. The van der Waals surface area contributed by atoms with Crippen LogP contribution in [-0.4, -0.2) is 18.2 Å². The quantitative estimate of drug-likeness (QED) is 0.592. The van der Waals surface area contributed by atoms with Crippen LogP contribution in [0.1, 0.15) is 30.9 Å². The molecule has 0 radical (unpaired) electrons. The first-order chi connectivity index (χ1) is 14.0. The zero-order valence-electron chi connectivity index (χ0n) is 16.9. The van der Waals surface area contributed by atoms with Crippen LogP contribution in [0.25, 0.3) is 22.3 Å². The normalized spacial score (nSPS) is 20.8. The van der Waals surface area contributed by atoms with Crippen LogP contribution in [0.4, 0.5) is 0 Å². The van der Waals surface area contributed by atoms with E-state index in [0.29, 0.717) is 0 Å². The zero-order valence-corrected chi connectivity index (χ0v) is 16.9. The Kier molecular flexibility index (Phi) is 5.25. The molecule has 0 bridgehead atoms. The lowest BCUT2D eigenvalue weighted by molar-refractivity contribution is -0.142. The maximum Gasteiger partial charge on any atom is 0.303 e. The van der Waals surface area contributed by atoms with E-state index < -0.39 is 11.6 Å². The van der Waals surface area contributed by atoms with Gasteiger partial charge in [-0.05, 0) is 53.1 Å². The van der Waals surface area contributed by atoms with Gasteiger partial charge in [0.1, 0.15) is 0 Å². The third kappa shape index (κ3) is 3.70. The van der Waals surface area contributed by atoms with Gasteiger partial charge in [-0.25, -0.2) is 0 Å². The SMILES string of the molecule is COC1(C)c2ccc(-c3ccc(-c4ccccc4)cc3)cc2CCC1CC(=O)O. The molecule has 4 rings (SSSR count). The molecule has 3 aromatic rings. The van der Waals surface area contributed by atoms with Gasteiger partial charge in [-0.2, -0.15) is 0 Å². The molecule has 0 saturated carbocycles. The number of benzene rings is 3. The van der Waals surface area contributed by atoms with Crippen molar-refractivity contribution in [1.29, 1.82) is 0 Å². The maximum atomic E-state index is 11.3. The minimum atomic E-state index is -0.767. The van der Waals surface area contributed by atoms with E-state index in [0.717, 1.165) is 18.4 Å². The first kappa shape index (κ1) is 19.4. The minimum absolute atomic E-state index is 0.0199. The van der Waals surface area contributed by atoms with E-state index in [1.807, 2.05) is 13.0 Å². The van der Waals surface area contributed by atoms with Crippen molar-refractivity contribution in [1.82, 2.24) is 0 Å². The van der Waals surface area contributed by atoms with Crippen molar-refractivity contribution >= 4 is 5.97 Å². The van der Waals surface area contributed by atoms with E-state index in [-0.39, 0.29) is 12.3 Å². The van der Waals surface area contributed by atoms with Gasteiger partial charge in [0, 0.05) is 13.0 Å². The van der Waals surface area contributed by atoms with Crippen molar-refractivity contribution in [3.05, 3.63) is 83.9 Å². The Morgan fingerprint density at radius 1 is 0.966 bits per heavy atom. The van der Waals surface area contributed by atoms with Crippen molar-refractivity contribution in [3.8, 4) is 22.3 Å². The van der Waals surface area contributed by atoms with E-state index in [1.54, 1.807) is 7.11 Å². The van der Waals surface area contributed by atoms with E-state index in [4.69, 9.17) is 4.74 Å². The Balaban J connectivity index is 1.64. The Bertz CT molecular complexity index is 1010. The average molecular weight is 386 g/mol. The van der Waals surface area contributed by atoms with E-state index >= 15 is 0 Å². The highest BCUT2D eigenvalue weighted by molar-refractivity contribution is 5.71. The molecule has 2 unspecified atom stereocenters. The van der Waals surface area contributed by atoms with Gasteiger partial charge >= 0.3 is 5.97 Å². The number of carboxylic acid groups (broad SMARTS) is 1. The molecule has 0 saturated heterocycles. The molecular weight excluding hydrogens is 360 g/mol. The fourth-order valence-electron chi connectivity index (χ4n) is 4.56. The number of hydrogen-bond donors (Lipinski definition) is 1. The highest BCUT2D eigenvalue weighted by atomic mass is 16.5. The van der Waals surface area contributed by atoms with Crippen molar-refractivity contribution in [2.45, 2.75) is 31.8 Å². The molecule has 0 aliphatic heterocycles. The molecule has 3 nitrogen and oxygen atoms in total. The molecule has 0 spiro atoms. The molecule has 2 atom stereocenters. The number of aliphatic carboxylic acids is 1. The largest absolute Gasteiger partial charge is 0.481 e. The Hall–Kier alpha value is -2.91. The molecule has 1 aliphatic rings. The van der Waals surface area contributed by atoms with Crippen LogP contribution >= 0.6 is 0 Å². The van der Waals surface area contributed by atoms with Gasteiger partial charge in [-0.3, -0.25) is 4.79 Å². The van der Waals surface area contributed by atoms with Crippen LogP contribution < -0.4 is 0 Å². The predicted molar refractivity (Wildman–Crippen MR) is 116 cm³/mol. The smallest absolute Gasteiger partial charge is 0.303 e. The summed E-state index contributed by atoms with van der Waals surface area (Å²) in [6.45, 7) is 2.02. The second kappa shape index (κ2) is 7.84. The van der Waals surface area contributed by atoms with Crippen molar-refractivity contribution in [2.24, 2.45) is 5.92 Å². The number of fused-ring (bicyclic) bond motifs is 1. The van der Waals surface area contributed by atoms with E-state index in [2.05, 4.69) is 66.7 Å². The van der Waals surface area contributed by atoms with Gasteiger partial charge in [0.2, 0.25) is 0 Å². The maximum absolute atomic E-state index is 11.3. The molecular formula is C26H26O3. The van der Waals surface area contributed by atoms with E-state index in [1.165, 1.54) is 27.8 Å². The lowest BCUT2D eigenvalue weighted by atomic mass is 9.70. The first-order valence-electron chi connectivity index (χ1n) is 10.1. The van der Waals surface area contributed by atoms with Crippen LogP contribution in [0.3, 0.4) is 0 Å². The summed E-state index contributed by atoms with van der Waals surface area (Å²) in [7, 11) is 1.68. The lowest BCUT2D eigenvalue weighted by Gasteiger charge is -2.41. The molecule has 0 heterocycles. The van der Waals surface area contributed by atoms with Gasteiger partial charge in [0.15, 0.2) is 0 Å². The number of carbonyl (C=O) groups is 1. The topological polar surface area (TPSA) is 46.5 Å². The fourth-order valence-corrected chi connectivity index (χ4v) is 4.56. The van der Waals surface area contributed by atoms with Crippen LogP contribution in [-0.2, 0) is 21.6 Å². The van der Waals surface area contributed by atoms with Gasteiger partial charge in [-0.15, -0.1) is 0 Å². The Morgan fingerprint density at radius 2 is 1.55 bits per heavy atom. The molecule has 3 heteroatoms. The molecule has 0 aromatic heterocycles. The number of hydrogen-bond acceptors (Lipinski definition) is 2. The zero-order chi connectivity index (χ0) is 20.4. The highest BCUT2D eigenvalue weighted by Crippen LogP contribution is 2.44. The fraction of sp³-hybridized carbons (Fsp3) is 0.269. The summed E-state index contributed by atoms with van der Waals surface area (Å²) >= 11 is 0. The molecule has 3 aromatic carbocycles. The summed E-state index contributed by atoms with van der Waals surface area (Å²) in [6.07, 6.45) is 1.83. The van der Waals surface area contributed by atoms with Crippen molar-refractivity contribution in [2.75, 3.05) is 7.11 Å². The van der Waals surface area contributed by atoms with Crippen LogP contribution in [0, 0.1) is 5.92 Å². The minimum Gasteiger partial charge on any atom is -0.481 e. The number of carboxylic acids is 1. The lowest BCUT2D eigenvalue weighted by Crippen LogP contribution is -2.39. The third-order valence-corrected chi connectivity index (χ3v) is 6.35. The number of methoxy groups -OCH3 is 1. The first-order valence-corrected chi connectivity index (χ1v) is 10.1. The van der Waals surface area contributed by atoms with Crippen molar-refractivity contribution < 1.29 is 14.6 Å². The second-order valence-electron chi connectivity index (χ2n) is 7.96. The standard InChI is InChI=1S/C26H26O3/c1-26(29-2)23(17-25(27)28)14-12-22-16-21(13-15-24(22)26)20-10-8-19(9-11-20)18-6-4-3-5-7-18/h3-11,13,15-16,23H,12,14,17H2,1-2H3,(H,27,28). The van der Waals surface area contributed by atoms with Crippen LogP contribution in [0.15, 0.2) is 72.8 Å². The van der Waals surface area contributed by atoms with E-state index in [9.17, 15) is 9.90 Å². The molecule has 0 fully saturated rings. The molecule has 0 amide bonds. The second-order valence-corrected chi connectivity index (χ2v) is 7.96. The molecule has 1 N–H and O–H groups in total. The third-order valence-electron chi connectivity index (χ3n) is 6.35. The Labute approximate surface area is 172 Å². The summed E-state index contributed by atoms with van der Waals surface area (Å²) in [5.41, 5.74) is 6.57. The van der Waals surface area contributed by atoms with Gasteiger partial charge in [0.05, 0.1) is 12.0 Å². The van der Waals surface area contributed by atoms with Gasteiger partial charge < -0.3 is 9.84 Å². The summed E-state index contributed by atoms with van der Waals surface area (Å²) in [6, 6.07) is 25.5. The highest BCUT2D eigenvalue weighted by Gasteiger charge is 2.41. The molecule has 29 heavy (non-hydrogen) atoms. The molecule has 1 aliphatic carbocycles.